The highest BCUT2D eigenvalue weighted by atomic mass is 16.5. The molecule has 0 radical (unpaired) electrons. The molecule has 0 unspecified atom stereocenters. The van der Waals surface area contributed by atoms with E-state index in [-0.39, 0.29) is 6.54 Å². The van der Waals surface area contributed by atoms with E-state index in [4.69, 9.17) is 10.3 Å². The maximum absolute atomic E-state index is 7.85. The first kappa shape index (κ1) is 7.85. The second-order valence-electron chi connectivity index (χ2n) is 1.36. The van der Waals surface area contributed by atoms with E-state index in [9.17, 15) is 0 Å². The summed E-state index contributed by atoms with van der Waals surface area (Å²) in [6, 6.07) is 0. The van der Waals surface area contributed by atoms with Crippen LogP contribution in [0, 0.1) is 0 Å². The number of nitrogens with zero attached hydrogens (tertiary/aromatic N) is 3. The standard InChI is InChI=1S/C5H9N3O/c1-3-9-5(2)4-7-8-6/h2-4H2,1H3. The van der Waals surface area contributed by atoms with Gasteiger partial charge >= 0.3 is 0 Å². The molecule has 0 aliphatic carbocycles. The molecule has 0 saturated carbocycles. The predicted octanol–water partition coefficient (Wildman–Crippen LogP) is 1.85. The first-order valence-corrected chi connectivity index (χ1v) is 2.62. The van der Waals surface area contributed by atoms with E-state index in [0.717, 1.165) is 0 Å². The van der Waals surface area contributed by atoms with Gasteiger partial charge in [-0.1, -0.05) is 11.7 Å². The van der Waals surface area contributed by atoms with Crippen molar-refractivity contribution < 1.29 is 4.74 Å². The van der Waals surface area contributed by atoms with Crippen LogP contribution in [-0.4, -0.2) is 13.2 Å². The van der Waals surface area contributed by atoms with Crippen molar-refractivity contribution >= 4 is 0 Å². The summed E-state index contributed by atoms with van der Waals surface area (Å²) in [4.78, 5) is 2.54. The van der Waals surface area contributed by atoms with E-state index < -0.39 is 0 Å². The van der Waals surface area contributed by atoms with Gasteiger partial charge in [0.2, 0.25) is 0 Å². The Labute approximate surface area is 53.8 Å². The molecule has 9 heavy (non-hydrogen) atoms. The average Bonchev–Trinajstić information content (AvgIpc) is 1.85. The van der Waals surface area contributed by atoms with Crippen molar-refractivity contribution in [2.45, 2.75) is 6.92 Å². The number of hydrogen-bond acceptors (Lipinski definition) is 2. The largest absolute Gasteiger partial charge is 0.499 e. The number of azide groups is 1. The van der Waals surface area contributed by atoms with E-state index in [2.05, 4.69) is 16.6 Å². The maximum atomic E-state index is 7.85. The highest BCUT2D eigenvalue weighted by Crippen LogP contribution is 1.92. The Morgan fingerprint density at radius 1 is 1.89 bits per heavy atom. The molecule has 0 heterocycles. The summed E-state index contributed by atoms with van der Waals surface area (Å²) in [7, 11) is 0. The highest BCUT2D eigenvalue weighted by molar-refractivity contribution is 4.84. The zero-order valence-electron chi connectivity index (χ0n) is 5.37. The number of hydrogen-bond donors (Lipinski definition) is 0. The second-order valence-corrected chi connectivity index (χ2v) is 1.36. The smallest absolute Gasteiger partial charge is 0.0946 e. The third-order valence-corrected chi connectivity index (χ3v) is 0.659. The minimum absolute atomic E-state index is 0.227. The molecule has 4 nitrogen and oxygen atoms in total. The van der Waals surface area contributed by atoms with Crippen LogP contribution >= 0.6 is 0 Å². The van der Waals surface area contributed by atoms with Crippen LogP contribution in [-0.2, 0) is 4.74 Å². The van der Waals surface area contributed by atoms with E-state index >= 15 is 0 Å². The minimum atomic E-state index is 0.227. The summed E-state index contributed by atoms with van der Waals surface area (Å²) in [5.41, 5.74) is 7.85. The average molecular weight is 127 g/mol. The van der Waals surface area contributed by atoms with Crippen LogP contribution in [0.5, 0.6) is 0 Å². The molecular formula is C5H9N3O. The lowest BCUT2D eigenvalue weighted by Gasteiger charge is -2.00. The van der Waals surface area contributed by atoms with Gasteiger partial charge in [-0.15, -0.1) is 0 Å². The SMILES string of the molecule is C=C(CN=[N+]=[N-])OCC. The molecule has 0 bridgehead atoms. The van der Waals surface area contributed by atoms with Gasteiger partial charge < -0.3 is 4.74 Å². The molecule has 0 fully saturated rings. The van der Waals surface area contributed by atoms with Crippen molar-refractivity contribution in [1.29, 1.82) is 0 Å². The summed E-state index contributed by atoms with van der Waals surface area (Å²) < 4.78 is 4.88. The van der Waals surface area contributed by atoms with Gasteiger partial charge in [-0.25, -0.2) is 0 Å². The van der Waals surface area contributed by atoms with Gasteiger partial charge in [0.1, 0.15) is 0 Å². The fourth-order valence-corrected chi connectivity index (χ4v) is 0.360. The van der Waals surface area contributed by atoms with E-state index in [0.29, 0.717) is 12.4 Å². The topological polar surface area (TPSA) is 58.0 Å². The monoisotopic (exact) mass is 127 g/mol. The van der Waals surface area contributed by atoms with Gasteiger partial charge in [-0.05, 0) is 12.5 Å². The zero-order valence-corrected chi connectivity index (χ0v) is 5.37. The van der Waals surface area contributed by atoms with Crippen molar-refractivity contribution in [3.05, 3.63) is 22.8 Å². The molecule has 0 rings (SSSR count). The van der Waals surface area contributed by atoms with Crippen LogP contribution in [0.25, 0.3) is 10.4 Å². The predicted molar refractivity (Wildman–Crippen MR) is 34.8 cm³/mol. The molecule has 0 aromatic rings. The molecule has 0 aliphatic rings. The van der Waals surface area contributed by atoms with Crippen LogP contribution in [0.4, 0.5) is 0 Å². The molecule has 50 valence electrons. The summed E-state index contributed by atoms with van der Waals surface area (Å²) in [5.74, 6) is 0.510. The minimum Gasteiger partial charge on any atom is -0.499 e. The van der Waals surface area contributed by atoms with Crippen LogP contribution < -0.4 is 0 Å². The number of rotatable bonds is 4. The molecule has 4 heteroatoms. The first-order valence-electron chi connectivity index (χ1n) is 2.62. The summed E-state index contributed by atoms with van der Waals surface area (Å²) >= 11 is 0. The van der Waals surface area contributed by atoms with Gasteiger partial charge in [0, 0.05) is 4.91 Å². The van der Waals surface area contributed by atoms with Gasteiger partial charge in [0.15, 0.2) is 0 Å². The molecule has 0 saturated heterocycles. The molecule has 0 aromatic carbocycles. The lowest BCUT2D eigenvalue weighted by atomic mass is 10.6. The normalized spacial score (nSPS) is 7.67. The Morgan fingerprint density at radius 2 is 2.56 bits per heavy atom. The Kier molecular flexibility index (Phi) is 4.36. The van der Waals surface area contributed by atoms with Crippen molar-refractivity contribution in [3.63, 3.8) is 0 Å². The van der Waals surface area contributed by atoms with Crippen molar-refractivity contribution in [2.24, 2.45) is 5.11 Å². The number of ether oxygens (including phenoxy) is 1. The fourth-order valence-electron chi connectivity index (χ4n) is 0.360. The van der Waals surface area contributed by atoms with Crippen molar-refractivity contribution in [1.82, 2.24) is 0 Å². The molecule has 0 N–H and O–H groups in total. The Balaban J connectivity index is 3.38. The van der Waals surface area contributed by atoms with E-state index in [1.807, 2.05) is 6.92 Å². The second kappa shape index (κ2) is 5.00. The third kappa shape index (κ3) is 4.71. The maximum Gasteiger partial charge on any atom is 0.0946 e. The molecule has 0 aromatic heterocycles. The van der Waals surface area contributed by atoms with Gasteiger partial charge in [-0.3, -0.25) is 0 Å². The Bertz CT molecular complexity index is 137. The van der Waals surface area contributed by atoms with Crippen molar-refractivity contribution in [3.8, 4) is 0 Å². The van der Waals surface area contributed by atoms with Gasteiger partial charge in [0.25, 0.3) is 0 Å². The van der Waals surface area contributed by atoms with Crippen LogP contribution in [0.2, 0.25) is 0 Å². The van der Waals surface area contributed by atoms with E-state index in [1.54, 1.807) is 0 Å². The van der Waals surface area contributed by atoms with Crippen LogP contribution in [0.3, 0.4) is 0 Å². The van der Waals surface area contributed by atoms with Crippen LogP contribution in [0.15, 0.2) is 17.5 Å². The molecule has 0 atom stereocenters. The molecular weight excluding hydrogens is 118 g/mol. The van der Waals surface area contributed by atoms with Gasteiger partial charge in [0.05, 0.1) is 18.9 Å². The Morgan fingerprint density at radius 3 is 3.00 bits per heavy atom. The zero-order chi connectivity index (χ0) is 7.11. The highest BCUT2D eigenvalue weighted by Gasteiger charge is 1.86. The molecule has 0 amide bonds. The summed E-state index contributed by atoms with van der Waals surface area (Å²) in [5, 5.41) is 3.25. The first-order chi connectivity index (χ1) is 4.31. The third-order valence-electron chi connectivity index (χ3n) is 0.659. The lowest BCUT2D eigenvalue weighted by Crippen LogP contribution is -1.91. The summed E-state index contributed by atoms with van der Waals surface area (Å²) in [6.07, 6.45) is 0. The molecule has 0 spiro atoms. The Hall–Kier alpha value is -1.15. The summed E-state index contributed by atoms with van der Waals surface area (Å²) in [6.45, 7) is 6.14. The van der Waals surface area contributed by atoms with E-state index in [1.165, 1.54) is 0 Å². The lowest BCUT2D eigenvalue weighted by molar-refractivity contribution is 0.228. The van der Waals surface area contributed by atoms with Crippen LogP contribution in [0.1, 0.15) is 6.92 Å². The van der Waals surface area contributed by atoms with Gasteiger partial charge in [-0.2, -0.15) is 0 Å². The molecule has 0 aliphatic heterocycles. The fraction of sp³-hybridized carbons (Fsp3) is 0.600. The van der Waals surface area contributed by atoms with Crippen molar-refractivity contribution in [2.75, 3.05) is 13.2 Å². The quantitative estimate of drug-likeness (QED) is 0.246.